The Balaban J connectivity index is 2.51. The van der Waals surface area contributed by atoms with Gasteiger partial charge in [-0.05, 0) is 6.07 Å². The first kappa shape index (κ1) is 11.2. The first-order valence-electron chi connectivity index (χ1n) is 4.51. The number of carbonyl (C=O) groups excluding carboxylic acids is 1. The van der Waals surface area contributed by atoms with Crippen molar-refractivity contribution in [2.24, 2.45) is 13.0 Å². The number of rotatable bonds is 4. The minimum absolute atomic E-state index is 0.110. The maximum Gasteiger partial charge on any atom is 0.308 e. The van der Waals surface area contributed by atoms with Crippen LogP contribution >= 0.6 is 0 Å². The molecular weight excluding hydrogens is 198 g/mol. The van der Waals surface area contributed by atoms with Crippen LogP contribution in [0.3, 0.4) is 0 Å². The van der Waals surface area contributed by atoms with Gasteiger partial charge in [0.2, 0.25) is 0 Å². The first-order chi connectivity index (χ1) is 7.02. The Bertz CT molecular complexity index is 372. The van der Waals surface area contributed by atoms with Gasteiger partial charge in [-0.15, -0.1) is 0 Å². The molecule has 0 aliphatic carbocycles. The van der Waals surface area contributed by atoms with E-state index in [2.05, 4.69) is 10.4 Å². The minimum atomic E-state index is -0.930. The van der Waals surface area contributed by atoms with E-state index in [0.29, 0.717) is 5.69 Å². The fraction of sp³-hybridized carbons (Fsp3) is 0.444. The van der Waals surface area contributed by atoms with E-state index in [-0.39, 0.29) is 12.5 Å². The number of nitrogens with one attached hydrogen (secondary N) is 1. The molecule has 1 heterocycles. The molecule has 1 rings (SSSR count). The summed E-state index contributed by atoms with van der Waals surface area (Å²) < 4.78 is 1.43. The molecule has 0 spiro atoms. The van der Waals surface area contributed by atoms with E-state index in [9.17, 15) is 9.59 Å². The highest BCUT2D eigenvalue weighted by molar-refractivity contribution is 5.92. The Kier molecular flexibility index (Phi) is 3.43. The van der Waals surface area contributed by atoms with Crippen molar-refractivity contribution >= 4 is 11.9 Å². The zero-order valence-corrected chi connectivity index (χ0v) is 8.60. The topological polar surface area (TPSA) is 84.2 Å². The van der Waals surface area contributed by atoms with Gasteiger partial charge in [-0.2, -0.15) is 5.10 Å². The van der Waals surface area contributed by atoms with Crippen molar-refractivity contribution in [1.82, 2.24) is 15.1 Å². The summed E-state index contributed by atoms with van der Waals surface area (Å²) in [7, 11) is 1.65. The van der Waals surface area contributed by atoms with Crippen molar-refractivity contribution in [2.75, 3.05) is 6.54 Å². The highest BCUT2D eigenvalue weighted by Gasteiger charge is 2.14. The molecule has 0 radical (unpaired) electrons. The third kappa shape index (κ3) is 2.80. The van der Waals surface area contributed by atoms with Gasteiger partial charge in [-0.3, -0.25) is 14.3 Å². The summed E-state index contributed by atoms with van der Waals surface area (Å²) in [5, 5.41) is 15.0. The number of nitrogens with zero attached hydrogens (tertiary/aromatic N) is 2. The van der Waals surface area contributed by atoms with Gasteiger partial charge < -0.3 is 10.4 Å². The number of hydrogen-bond donors (Lipinski definition) is 2. The lowest BCUT2D eigenvalue weighted by molar-refractivity contribution is -0.140. The average Bonchev–Trinajstić information content (AvgIpc) is 2.60. The number of aryl methyl sites for hydroxylation is 1. The summed E-state index contributed by atoms with van der Waals surface area (Å²) in [6, 6.07) is 1.57. The smallest absolute Gasteiger partial charge is 0.308 e. The van der Waals surface area contributed by atoms with Crippen molar-refractivity contribution in [3.63, 3.8) is 0 Å². The predicted molar refractivity (Wildman–Crippen MR) is 52.3 cm³/mol. The summed E-state index contributed by atoms with van der Waals surface area (Å²) >= 11 is 0. The lowest BCUT2D eigenvalue weighted by Gasteiger charge is -2.08. The van der Waals surface area contributed by atoms with Crippen LogP contribution in [0.1, 0.15) is 17.4 Å². The van der Waals surface area contributed by atoms with Crippen LogP contribution in [0.5, 0.6) is 0 Å². The van der Waals surface area contributed by atoms with Gasteiger partial charge in [-0.1, -0.05) is 6.92 Å². The molecule has 1 aromatic heterocycles. The number of aromatic nitrogens is 2. The van der Waals surface area contributed by atoms with Crippen LogP contribution in [0, 0.1) is 5.92 Å². The Morgan fingerprint density at radius 1 is 1.67 bits per heavy atom. The number of carboxylic acids is 1. The van der Waals surface area contributed by atoms with Gasteiger partial charge in [0.15, 0.2) is 0 Å². The SMILES string of the molecule is CC(CNC(=O)c1ccnn1C)C(=O)O. The second kappa shape index (κ2) is 4.59. The highest BCUT2D eigenvalue weighted by Crippen LogP contribution is 1.97. The van der Waals surface area contributed by atoms with Crippen LogP contribution in [0.15, 0.2) is 12.3 Å². The van der Waals surface area contributed by atoms with E-state index < -0.39 is 11.9 Å². The molecule has 0 fully saturated rings. The number of carboxylic acid groups (broad SMARTS) is 1. The van der Waals surface area contributed by atoms with Crippen molar-refractivity contribution in [2.45, 2.75) is 6.92 Å². The molecule has 82 valence electrons. The standard InChI is InChI=1S/C9H13N3O3/c1-6(9(14)15)5-10-8(13)7-3-4-11-12(7)2/h3-4,6H,5H2,1-2H3,(H,10,13)(H,14,15). The predicted octanol–water partition coefficient (Wildman–Crippen LogP) is -0.129. The van der Waals surface area contributed by atoms with E-state index >= 15 is 0 Å². The fourth-order valence-electron chi connectivity index (χ4n) is 1.02. The Morgan fingerprint density at radius 3 is 2.80 bits per heavy atom. The molecule has 2 N–H and O–H groups in total. The van der Waals surface area contributed by atoms with Gasteiger partial charge in [-0.25, -0.2) is 0 Å². The number of aliphatic carboxylic acids is 1. The average molecular weight is 211 g/mol. The molecule has 1 aromatic rings. The lowest BCUT2D eigenvalue weighted by atomic mass is 10.2. The summed E-state index contributed by atoms with van der Waals surface area (Å²) in [6.45, 7) is 1.64. The van der Waals surface area contributed by atoms with Crippen molar-refractivity contribution < 1.29 is 14.7 Å². The van der Waals surface area contributed by atoms with Gasteiger partial charge in [0.1, 0.15) is 5.69 Å². The van der Waals surface area contributed by atoms with Crippen LogP contribution in [-0.2, 0) is 11.8 Å². The summed E-state index contributed by atoms with van der Waals surface area (Å²) in [5.74, 6) is -1.84. The van der Waals surface area contributed by atoms with E-state index in [0.717, 1.165) is 0 Å². The quantitative estimate of drug-likeness (QED) is 0.726. The van der Waals surface area contributed by atoms with Crippen LogP contribution < -0.4 is 5.32 Å². The van der Waals surface area contributed by atoms with Crippen molar-refractivity contribution in [3.8, 4) is 0 Å². The van der Waals surface area contributed by atoms with Crippen LogP contribution in [0.2, 0.25) is 0 Å². The molecule has 0 bridgehead atoms. The van der Waals surface area contributed by atoms with Gasteiger partial charge in [0.25, 0.3) is 5.91 Å². The Morgan fingerprint density at radius 2 is 2.33 bits per heavy atom. The molecule has 1 amide bonds. The second-order valence-electron chi connectivity index (χ2n) is 3.29. The summed E-state index contributed by atoms with van der Waals surface area (Å²) in [4.78, 5) is 22.0. The molecule has 0 saturated heterocycles. The molecule has 0 aromatic carbocycles. The molecule has 1 atom stereocenters. The third-order valence-electron chi connectivity index (χ3n) is 2.04. The molecule has 6 nitrogen and oxygen atoms in total. The minimum Gasteiger partial charge on any atom is -0.481 e. The van der Waals surface area contributed by atoms with Crippen LogP contribution in [-0.4, -0.2) is 33.3 Å². The normalized spacial score (nSPS) is 12.1. The van der Waals surface area contributed by atoms with E-state index in [1.54, 1.807) is 13.1 Å². The van der Waals surface area contributed by atoms with Gasteiger partial charge >= 0.3 is 5.97 Å². The molecule has 0 saturated carbocycles. The van der Waals surface area contributed by atoms with Crippen molar-refractivity contribution in [3.05, 3.63) is 18.0 Å². The van der Waals surface area contributed by atoms with E-state index in [1.165, 1.54) is 17.8 Å². The molecular formula is C9H13N3O3. The molecule has 1 unspecified atom stereocenters. The first-order valence-corrected chi connectivity index (χ1v) is 4.51. The van der Waals surface area contributed by atoms with Crippen molar-refractivity contribution in [1.29, 1.82) is 0 Å². The van der Waals surface area contributed by atoms with E-state index in [1.807, 2.05) is 0 Å². The molecule has 0 aliphatic heterocycles. The van der Waals surface area contributed by atoms with Gasteiger partial charge in [0.05, 0.1) is 5.92 Å². The summed E-state index contributed by atoms with van der Waals surface area (Å²) in [6.07, 6.45) is 1.51. The Labute approximate surface area is 86.9 Å². The highest BCUT2D eigenvalue weighted by atomic mass is 16.4. The molecule has 6 heteroatoms. The van der Waals surface area contributed by atoms with Crippen LogP contribution in [0.4, 0.5) is 0 Å². The summed E-state index contributed by atoms with van der Waals surface area (Å²) in [5.41, 5.74) is 0.410. The largest absolute Gasteiger partial charge is 0.481 e. The zero-order chi connectivity index (χ0) is 11.4. The third-order valence-corrected chi connectivity index (χ3v) is 2.04. The fourth-order valence-corrected chi connectivity index (χ4v) is 1.02. The second-order valence-corrected chi connectivity index (χ2v) is 3.29. The maximum absolute atomic E-state index is 11.5. The van der Waals surface area contributed by atoms with Crippen LogP contribution in [0.25, 0.3) is 0 Å². The number of carbonyl (C=O) groups is 2. The molecule has 15 heavy (non-hydrogen) atoms. The number of hydrogen-bond acceptors (Lipinski definition) is 3. The zero-order valence-electron chi connectivity index (χ0n) is 8.60. The Hall–Kier alpha value is -1.85. The maximum atomic E-state index is 11.5. The van der Waals surface area contributed by atoms with E-state index in [4.69, 9.17) is 5.11 Å². The number of amides is 1. The molecule has 0 aliphatic rings. The lowest BCUT2D eigenvalue weighted by Crippen LogP contribution is -2.32. The monoisotopic (exact) mass is 211 g/mol. The van der Waals surface area contributed by atoms with Gasteiger partial charge in [0, 0.05) is 19.8 Å².